The second-order valence-corrected chi connectivity index (χ2v) is 6.37. The first-order valence-electron chi connectivity index (χ1n) is 9.26. The summed E-state index contributed by atoms with van der Waals surface area (Å²) in [7, 11) is 1.82. The molecule has 27 heavy (non-hydrogen) atoms. The third kappa shape index (κ3) is 4.97. The minimum absolute atomic E-state index is 0.0223. The van der Waals surface area contributed by atoms with Crippen molar-refractivity contribution in [1.29, 1.82) is 0 Å². The summed E-state index contributed by atoms with van der Waals surface area (Å²) in [5.74, 6) is 1.72. The van der Waals surface area contributed by atoms with Gasteiger partial charge in [0.25, 0.3) is 0 Å². The highest BCUT2D eigenvalue weighted by Crippen LogP contribution is 2.19. The largest absolute Gasteiger partial charge is 0.493 e. The smallest absolute Gasteiger partial charge is 0.246 e. The molecule has 1 heterocycles. The van der Waals surface area contributed by atoms with E-state index in [1.54, 1.807) is 11.0 Å². The fourth-order valence-corrected chi connectivity index (χ4v) is 2.91. The van der Waals surface area contributed by atoms with Crippen LogP contribution in [0, 0.1) is 0 Å². The molecule has 0 atom stereocenters. The number of ether oxygens (including phenoxy) is 1. The van der Waals surface area contributed by atoms with Gasteiger partial charge in [0.05, 0.1) is 17.6 Å². The number of likely N-dealkylation sites (N-methyl/N-ethyl adjacent to an activating group) is 1. The van der Waals surface area contributed by atoms with Gasteiger partial charge in [-0.25, -0.2) is 4.98 Å². The van der Waals surface area contributed by atoms with Crippen LogP contribution in [0.1, 0.15) is 24.7 Å². The predicted molar refractivity (Wildman–Crippen MR) is 109 cm³/mol. The Bertz CT molecular complexity index is 897. The lowest BCUT2D eigenvalue weighted by molar-refractivity contribution is -0.124. The molecular weight excluding hydrogens is 338 g/mol. The molecule has 2 aromatic carbocycles. The number of fused-ring (bicyclic) bond motifs is 1. The van der Waals surface area contributed by atoms with E-state index >= 15 is 0 Å². The number of nitrogens with zero attached hydrogens (tertiary/aromatic N) is 2. The summed E-state index contributed by atoms with van der Waals surface area (Å²) in [4.78, 5) is 22.0. The monoisotopic (exact) mass is 363 g/mol. The van der Waals surface area contributed by atoms with Gasteiger partial charge >= 0.3 is 0 Å². The van der Waals surface area contributed by atoms with Gasteiger partial charge in [-0.3, -0.25) is 4.79 Å². The predicted octanol–water partition coefficient (Wildman–Crippen LogP) is 4.07. The number of carbonyl (C=O) groups is 1. The first kappa shape index (κ1) is 18.7. The summed E-state index contributed by atoms with van der Waals surface area (Å²) < 4.78 is 5.58. The molecule has 140 valence electrons. The molecule has 0 aliphatic heterocycles. The van der Waals surface area contributed by atoms with Gasteiger partial charge in [0.2, 0.25) is 5.91 Å². The Balaban J connectivity index is 1.51. The SMILES string of the molecule is CCOc1ccccc1C=CC(=O)N(C)CCCc1nc2ccccc2[nH]1. The maximum absolute atomic E-state index is 12.3. The van der Waals surface area contributed by atoms with Crippen LogP contribution in [0.3, 0.4) is 0 Å². The van der Waals surface area contributed by atoms with Gasteiger partial charge in [-0.05, 0) is 37.6 Å². The molecule has 0 spiro atoms. The molecule has 0 bridgehead atoms. The zero-order valence-electron chi connectivity index (χ0n) is 15.8. The number of H-pyrrole nitrogens is 1. The lowest BCUT2D eigenvalue weighted by Gasteiger charge is -2.14. The molecule has 0 saturated carbocycles. The molecule has 1 aromatic heterocycles. The molecule has 5 nitrogen and oxygen atoms in total. The van der Waals surface area contributed by atoms with E-state index in [-0.39, 0.29) is 5.91 Å². The van der Waals surface area contributed by atoms with Crippen LogP contribution in [0.15, 0.2) is 54.6 Å². The zero-order valence-corrected chi connectivity index (χ0v) is 15.8. The molecule has 0 aliphatic rings. The van der Waals surface area contributed by atoms with Crippen molar-refractivity contribution in [2.75, 3.05) is 20.2 Å². The van der Waals surface area contributed by atoms with Gasteiger partial charge in [-0.1, -0.05) is 30.3 Å². The van der Waals surface area contributed by atoms with Crippen LogP contribution in [0.4, 0.5) is 0 Å². The normalized spacial score (nSPS) is 11.2. The van der Waals surface area contributed by atoms with Gasteiger partial charge in [-0.2, -0.15) is 0 Å². The summed E-state index contributed by atoms with van der Waals surface area (Å²) >= 11 is 0. The standard InChI is InChI=1S/C22H25N3O2/c1-3-27-20-12-7-4-9-17(20)14-15-22(26)25(2)16-8-13-21-23-18-10-5-6-11-19(18)24-21/h4-7,9-12,14-15H,3,8,13,16H2,1-2H3,(H,23,24). The van der Waals surface area contributed by atoms with Crippen molar-refractivity contribution in [3.05, 3.63) is 66.0 Å². The van der Waals surface area contributed by atoms with E-state index in [4.69, 9.17) is 4.74 Å². The van der Waals surface area contributed by atoms with Crippen molar-refractivity contribution in [3.8, 4) is 5.75 Å². The van der Waals surface area contributed by atoms with Crippen LogP contribution in [0.2, 0.25) is 0 Å². The number of carbonyl (C=O) groups excluding carboxylic acids is 1. The van der Waals surface area contributed by atoms with Crippen LogP contribution < -0.4 is 4.74 Å². The number of amides is 1. The Kier molecular flexibility index (Phi) is 6.26. The van der Waals surface area contributed by atoms with E-state index in [0.717, 1.165) is 41.0 Å². The summed E-state index contributed by atoms with van der Waals surface area (Å²) in [6.45, 7) is 3.22. The minimum atomic E-state index is -0.0223. The molecule has 5 heteroatoms. The maximum Gasteiger partial charge on any atom is 0.246 e. The number of imidazole rings is 1. The number of nitrogens with one attached hydrogen (secondary N) is 1. The van der Waals surface area contributed by atoms with Crippen molar-refractivity contribution in [1.82, 2.24) is 14.9 Å². The second-order valence-electron chi connectivity index (χ2n) is 6.37. The highest BCUT2D eigenvalue weighted by molar-refractivity contribution is 5.92. The Morgan fingerprint density at radius 1 is 1.19 bits per heavy atom. The summed E-state index contributed by atoms with van der Waals surface area (Å²) in [6, 6.07) is 15.7. The first-order chi connectivity index (χ1) is 13.2. The number of hydrogen-bond acceptors (Lipinski definition) is 3. The van der Waals surface area contributed by atoms with E-state index < -0.39 is 0 Å². The lowest BCUT2D eigenvalue weighted by Crippen LogP contribution is -2.26. The number of benzene rings is 2. The van der Waals surface area contributed by atoms with E-state index in [0.29, 0.717) is 13.2 Å². The molecule has 3 rings (SSSR count). The zero-order chi connectivity index (χ0) is 19.1. The number of aryl methyl sites for hydroxylation is 1. The Labute approximate surface area is 159 Å². The molecule has 0 aliphatic carbocycles. The van der Waals surface area contributed by atoms with Crippen LogP contribution in [0.5, 0.6) is 5.75 Å². The van der Waals surface area contributed by atoms with Crippen molar-refractivity contribution in [3.63, 3.8) is 0 Å². The fourth-order valence-electron chi connectivity index (χ4n) is 2.91. The molecule has 0 fully saturated rings. The number of aromatic amines is 1. The van der Waals surface area contributed by atoms with Gasteiger partial charge in [0.15, 0.2) is 0 Å². The topological polar surface area (TPSA) is 58.2 Å². The molecule has 0 radical (unpaired) electrons. The maximum atomic E-state index is 12.3. The van der Waals surface area contributed by atoms with Crippen molar-refractivity contribution < 1.29 is 9.53 Å². The quantitative estimate of drug-likeness (QED) is 0.614. The molecule has 1 amide bonds. The van der Waals surface area contributed by atoms with Crippen molar-refractivity contribution >= 4 is 23.0 Å². The van der Waals surface area contributed by atoms with Crippen LogP contribution in [-0.2, 0) is 11.2 Å². The van der Waals surface area contributed by atoms with Crippen LogP contribution in [0.25, 0.3) is 17.1 Å². The van der Waals surface area contributed by atoms with E-state index in [1.807, 2.05) is 68.6 Å². The summed E-state index contributed by atoms with van der Waals surface area (Å²) in [5.41, 5.74) is 2.93. The number of aromatic nitrogens is 2. The molecule has 3 aromatic rings. The summed E-state index contributed by atoms with van der Waals surface area (Å²) in [5, 5.41) is 0. The van der Waals surface area contributed by atoms with E-state index in [1.165, 1.54) is 0 Å². The third-order valence-corrected chi connectivity index (χ3v) is 4.35. The minimum Gasteiger partial charge on any atom is -0.493 e. The van der Waals surface area contributed by atoms with Crippen molar-refractivity contribution in [2.45, 2.75) is 19.8 Å². The van der Waals surface area contributed by atoms with Gasteiger partial charge < -0.3 is 14.6 Å². The Morgan fingerprint density at radius 3 is 2.78 bits per heavy atom. The molecule has 0 unspecified atom stereocenters. The number of hydrogen-bond donors (Lipinski definition) is 1. The van der Waals surface area contributed by atoms with Crippen LogP contribution in [-0.4, -0.2) is 41.0 Å². The van der Waals surface area contributed by atoms with Crippen LogP contribution >= 0.6 is 0 Å². The highest BCUT2D eigenvalue weighted by Gasteiger charge is 2.07. The molecular formula is C22H25N3O2. The first-order valence-corrected chi connectivity index (χ1v) is 9.26. The molecule has 0 saturated heterocycles. The van der Waals surface area contributed by atoms with E-state index in [2.05, 4.69) is 9.97 Å². The van der Waals surface area contributed by atoms with Gasteiger partial charge in [0, 0.05) is 31.7 Å². The number of para-hydroxylation sites is 3. The Morgan fingerprint density at radius 2 is 1.96 bits per heavy atom. The third-order valence-electron chi connectivity index (χ3n) is 4.35. The van der Waals surface area contributed by atoms with Crippen molar-refractivity contribution in [2.24, 2.45) is 0 Å². The average molecular weight is 363 g/mol. The Hall–Kier alpha value is -3.08. The summed E-state index contributed by atoms with van der Waals surface area (Å²) in [6.07, 6.45) is 5.07. The fraction of sp³-hybridized carbons (Fsp3) is 0.273. The average Bonchev–Trinajstić information content (AvgIpc) is 3.10. The van der Waals surface area contributed by atoms with E-state index in [9.17, 15) is 4.79 Å². The van der Waals surface area contributed by atoms with Gasteiger partial charge in [0.1, 0.15) is 11.6 Å². The molecule has 1 N–H and O–H groups in total. The lowest BCUT2D eigenvalue weighted by atomic mass is 10.2. The highest BCUT2D eigenvalue weighted by atomic mass is 16.5. The van der Waals surface area contributed by atoms with Gasteiger partial charge in [-0.15, -0.1) is 0 Å². The second kappa shape index (κ2) is 9.03. The number of rotatable bonds is 8.